The number of hydrogen-bond donors (Lipinski definition) is 5. The molecule has 0 saturated carbocycles. The number of ketones is 1. The molecular formula is C79H77BCl3N17O5S3. The minimum Gasteiger partial charge on any atom is -0.423 e. The topological polar surface area (TPSA) is 286 Å². The van der Waals surface area contributed by atoms with Crippen LogP contribution in [0.4, 0.5) is 0 Å². The number of aromatic amines is 1. The van der Waals surface area contributed by atoms with Crippen LogP contribution in [-0.2, 0) is 27.2 Å². The van der Waals surface area contributed by atoms with Crippen LogP contribution < -0.4 is 16.1 Å². The van der Waals surface area contributed by atoms with Crippen molar-refractivity contribution in [2.45, 2.75) is 119 Å². The third kappa shape index (κ3) is 16.7. The van der Waals surface area contributed by atoms with E-state index in [-0.39, 0.29) is 37.0 Å². The Morgan fingerprint density at radius 1 is 0.528 bits per heavy atom. The quantitative estimate of drug-likeness (QED) is 0.0373. The van der Waals surface area contributed by atoms with E-state index in [9.17, 15) is 24.4 Å². The Morgan fingerprint density at radius 3 is 1.40 bits per heavy atom. The first-order valence-electron chi connectivity index (χ1n) is 35.1. The van der Waals surface area contributed by atoms with Crippen LogP contribution >= 0.6 is 68.8 Å². The lowest BCUT2D eigenvalue weighted by molar-refractivity contribution is -0.122. The number of aliphatic imine (C=N–C) groups is 4. The zero-order valence-corrected chi connectivity index (χ0v) is 65.7. The number of halogens is 3. The van der Waals surface area contributed by atoms with Gasteiger partial charge in [-0.15, -0.1) is 64.6 Å². The fourth-order valence-electron chi connectivity index (χ4n) is 13.0. The van der Waals surface area contributed by atoms with Crippen molar-refractivity contribution in [3.63, 3.8) is 0 Å². The van der Waals surface area contributed by atoms with Crippen molar-refractivity contribution < 1.29 is 24.4 Å². The zero-order chi connectivity index (χ0) is 76.2. The van der Waals surface area contributed by atoms with E-state index in [1.807, 2.05) is 141 Å². The Morgan fingerprint density at radius 2 is 0.963 bits per heavy atom. The number of H-pyrrole nitrogens is 1. The highest BCUT2D eigenvalue weighted by Crippen LogP contribution is 2.43. The molecular weight excluding hydrogens is 1480 g/mol. The van der Waals surface area contributed by atoms with Gasteiger partial charge in [0.25, 0.3) is 0 Å². The molecule has 2 amide bonds. The minimum atomic E-state index is -1.50. The summed E-state index contributed by atoms with van der Waals surface area (Å²) in [6.45, 7) is 21.3. The van der Waals surface area contributed by atoms with E-state index in [0.29, 0.717) is 64.5 Å². The van der Waals surface area contributed by atoms with Gasteiger partial charge in [0.15, 0.2) is 23.3 Å². The van der Waals surface area contributed by atoms with Gasteiger partial charge in [-0.25, -0.2) is 4.98 Å². The Labute approximate surface area is 652 Å². The molecule has 22 nitrogen and oxygen atoms in total. The first-order chi connectivity index (χ1) is 52.0. The molecule has 10 heterocycles. The third-order valence-electron chi connectivity index (χ3n) is 19.1. The average Bonchev–Trinajstić information content (AvgIpc) is 1.61. The summed E-state index contributed by atoms with van der Waals surface area (Å²) in [6.07, 6.45) is 6.99. The van der Waals surface area contributed by atoms with Crippen LogP contribution in [0.2, 0.25) is 15.1 Å². The van der Waals surface area contributed by atoms with E-state index in [4.69, 9.17) is 49.8 Å². The number of aromatic nitrogens is 11. The highest BCUT2D eigenvalue weighted by Gasteiger charge is 2.36. The summed E-state index contributed by atoms with van der Waals surface area (Å²) in [5, 5.41) is 56.0. The molecule has 0 fully saturated rings. The summed E-state index contributed by atoms with van der Waals surface area (Å²) in [5.41, 5.74) is 15.6. The van der Waals surface area contributed by atoms with Gasteiger partial charge in [-0.1, -0.05) is 125 Å². The normalized spacial score (nSPS) is 14.7. The largest absolute Gasteiger partial charge is 0.488 e. The number of carbonyl (C=O) groups is 3. The van der Waals surface area contributed by atoms with Crippen LogP contribution in [0.5, 0.6) is 0 Å². The van der Waals surface area contributed by atoms with Crippen molar-refractivity contribution in [2.75, 3.05) is 19.6 Å². The van der Waals surface area contributed by atoms with Crippen LogP contribution in [0.15, 0.2) is 154 Å². The van der Waals surface area contributed by atoms with Crippen molar-refractivity contribution in [1.29, 1.82) is 0 Å². The number of amides is 2. The molecule has 0 spiro atoms. The molecule has 0 aliphatic carbocycles. The fourth-order valence-corrected chi connectivity index (χ4v) is 17.0. The van der Waals surface area contributed by atoms with E-state index in [1.165, 1.54) is 25.8 Å². The Balaban J connectivity index is 0.000000143. The molecule has 0 unspecified atom stereocenters. The van der Waals surface area contributed by atoms with Crippen molar-refractivity contribution in [3.8, 4) is 15.0 Å². The van der Waals surface area contributed by atoms with Gasteiger partial charge >= 0.3 is 7.12 Å². The van der Waals surface area contributed by atoms with E-state index < -0.39 is 25.2 Å². The molecule has 0 saturated heterocycles. The molecule has 3 aliphatic rings. The van der Waals surface area contributed by atoms with Gasteiger partial charge in [-0.3, -0.25) is 48.1 Å². The second-order valence-corrected chi connectivity index (χ2v) is 31.5. The molecule has 5 aromatic carbocycles. The first-order valence-corrected chi connectivity index (χ1v) is 38.7. The summed E-state index contributed by atoms with van der Waals surface area (Å²) in [6, 6.07) is 36.6. The molecule has 0 bridgehead atoms. The van der Waals surface area contributed by atoms with E-state index >= 15 is 0 Å². The molecule has 550 valence electrons. The molecule has 29 heteroatoms. The van der Waals surface area contributed by atoms with Gasteiger partial charge < -0.3 is 25.7 Å². The number of imidazole rings is 1. The summed E-state index contributed by atoms with van der Waals surface area (Å²) < 4.78 is 6.16. The summed E-state index contributed by atoms with van der Waals surface area (Å²) in [7, 11) is -1.50. The number of thiophene rings is 3. The number of fused-ring (bicyclic) bond motifs is 9. The van der Waals surface area contributed by atoms with Gasteiger partial charge in [-0.2, -0.15) is 0 Å². The Bertz CT molecular complexity index is 5440. The second-order valence-electron chi connectivity index (χ2n) is 26.6. The number of aryl methyl sites for hydroxylation is 8. The summed E-state index contributed by atoms with van der Waals surface area (Å²) in [5.74, 6) is 4.93. The molecule has 0 radical (unpaired) electrons. The van der Waals surface area contributed by atoms with Gasteiger partial charge in [-0.05, 0) is 145 Å². The number of rotatable bonds is 19. The second kappa shape index (κ2) is 33.2. The first kappa shape index (κ1) is 76.2. The van der Waals surface area contributed by atoms with Crippen LogP contribution in [-0.4, -0.2) is 132 Å². The molecule has 12 aromatic rings. The van der Waals surface area contributed by atoms with Crippen molar-refractivity contribution >= 4 is 122 Å². The summed E-state index contributed by atoms with van der Waals surface area (Å²) in [4.78, 5) is 69.3. The standard InChI is InChI=1S/C28H26ClN5OS.C27H27BClN5O3S.C24H24ClN7OS/c1-16-5-7-20(8-6-16)14-30-15-23(35)13-24-27-33-32-19(4)34(27)28-25(17(2)18(3)36-28)26(31-24)21-9-11-22(29)12-10-21;1-15-16(2)38-27-24(15)25(19-6-10-21(29)11-7-19)31-22(26-33-32-17(3)34(26)27)14-23(35)30-13-12-18-4-8-20(9-5-18)28(36)37;1-13-14(2)34-24-21(13)22(16-4-6-17(25)7-5-16)29-18(23-31-30-15(3)32(23)24)12-28-20(33)9-8-19-26-10-11-27-19/h5-12,14,24H,13,15H2,1-4H3;4-11,22,36-37H,12-14H2,1-3H3,(H,30,35);4-7,10-11,18H,8-9,12H2,1-3H3,(H,26,27)(H,28,33)/t24-;22-;18-/m000/s1. The maximum absolute atomic E-state index is 13.1. The Hall–Kier alpha value is -10.0. The number of nitrogens with one attached hydrogen (secondary N) is 3. The van der Waals surface area contributed by atoms with Gasteiger partial charge in [0.05, 0.1) is 30.1 Å². The lowest BCUT2D eigenvalue weighted by Gasteiger charge is -2.14. The predicted octanol–water partition coefficient (Wildman–Crippen LogP) is 13.7. The van der Waals surface area contributed by atoms with Gasteiger partial charge in [0.2, 0.25) is 11.8 Å². The van der Waals surface area contributed by atoms with Crippen LogP contribution in [0.1, 0.15) is 160 Å². The van der Waals surface area contributed by atoms with Gasteiger partial charge in [0, 0.05) is 114 Å². The number of Topliss-reactive ketones (excluding diaryl/α,β-unsaturated/α-hetero) is 1. The molecule has 15 rings (SSSR count). The average molecular weight is 1560 g/mol. The highest BCUT2D eigenvalue weighted by molar-refractivity contribution is 7.16. The van der Waals surface area contributed by atoms with Crippen LogP contribution in [0.25, 0.3) is 15.0 Å². The van der Waals surface area contributed by atoms with Crippen molar-refractivity contribution in [2.24, 2.45) is 20.0 Å². The maximum atomic E-state index is 13.1. The van der Waals surface area contributed by atoms with E-state index in [2.05, 4.69) is 107 Å². The number of carbonyl (C=O) groups excluding carboxylic acids is 3. The number of benzene rings is 5. The monoisotopic (exact) mass is 1560 g/mol. The summed E-state index contributed by atoms with van der Waals surface area (Å²) >= 11 is 23.6. The van der Waals surface area contributed by atoms with Crippen LogP contribution in [0.3, 0.4) is 0 Å². The number of hydrogen-bond acceptors (Lipinski definition) is 19. The minimum absolute atomic E-state index is 0.00655. The molecule has 108 heavy (non-hydrogen) atoms. The SMILES string of the molecule is Cc1ccc(C=NCC(=O)C[C@@H]2N=C(c3ccc(Cl)cc3)c3c(sc(C)c3C)-n3c(C)nnc32)cc1.Cc1sc2c(c1C)C(c1ccc(Cl)cc1)=N[C@@H](CC(=O)NCCc1ccc(B(O)O)cc1)c1nnc(C)n1-2.Cc1sc2c(c1C)C(c1ccc(Cl)cc1)=N[C@@H](CNC(=O)CCc1ncc[nH]1)c1nnc(C)n1-2. The Kier molecular flexibility index (Phi) is 23.4. The van der Waals surface area contributed by atoms with Crippen molar-refractivity contribution in [1.82, 2.24) is 64.9 Å². The number of nitrogens with zero attached hydrogens (tertiary/aromatic N) is 14. The highest BCUT2D eigenvalue weighted by atomic mass is 35.5. The van der Waals surface area contributed by atoms with Crippen molar-refractivity contribution in [3.05, 3.63) is 271 Å². The predicted molar refractivity (Wildman–Crippen MR) is 431 cm³/mol. The maximum Gasteiger partial charge on any atom is 0.488 e. The zero-order valence-electron chi connectivity index (χ0n) is 61.0. The lowest BCUT2D eigenvalue weighted by atomic mass is 9.80. The lowest BCUT2D eigenvalue weighted by Crippen LogP contribution is -2.30. The molecule has 7 aromatic heterocycles. The van der Waals surface area contributed by atoms with Crippen LogP contribution in [0, 0.1) is 69.2 Å². The molecule has 5 N–H and O–H groups in total. The smallest absolute Gasteiger partial charge is 0.423 e. The van der Waals surface area contributed by atoms with E-state index in [1.54, 1.807) is 64.8 Å². The molecule has 3 aliphatic heterocycles. The fraction of sp³-hybridized carbons (Fsp3) is 0.266. The van der Waals surface area contributed by atoms with E-state index in [0.717, 1.165) is 117 Å². The molecule has 3 atom stereocenters. The third-order valence-corrected chi connectivity index (χ3v) is 23.4. The van der Waals surface area contributed by atoms with Gasteiger partial charge in [0.1, 0.15) is 56.4 Å².